The summed E-state index contributed by atoms with van der Waals surface area (Å²) in [6.07, 6.45) is 0. The molecule has 2 rings (SSSR count). The number of aryl methyl sites for hydroxylation is 2. The largest absolute Gasteiger partial charge is 0.464 e. The number of methoxy groups -OCH3 is 1. The molecular formula is C14H19N3O3. The second kappa shape index (κ2) is 6.38. The highest BCUT2D eigenvalue weighted by Gasteiger charge is 2.19. The lowest BCUT2D eigenvalue weighted by molar-refractivity contribution is 0.0660. The molecule has 2 aromatic heterocycles. The van der Waals surface area contributed by atoms with Gasteiger partial charge in [0, 0.05) is 19.3 Å². The van der Waals surface area contributed by atoms with Crippen LogP contribution in [0.1, 0.15) is 27.7 Å². The van der Waals surface area contributed by atoms with Gasteiger partial charge in [-0.15, -0.1) is 0 Å². The first-order chi connectivity index (χ1) is 9.60. The standard InChI is InChI=1S/C14H19N3O3/c1-10-8-13(16-15-10)14(18)17(6-7-19-3)9-12-5-4-11(2)20-12/h4-5,8H,6-7,9H2,1-3H3,(H,15,16). The Morgan fingerprint density at radius 2 is 2.25 bits per heavy atom. The Morgan fingerprint density at radius 1 is 1.45 bits per heavy atom. The Labute approximate surface area is 117 Å². The van der Waals surface area contributed by atoms with Crippen LogP contribution in [0.25, 0.3) is 0 Å². The van der Waals surface area contributed by atoms with Crippen LogP contribution in [-0.4, -0.2) is 41.3 Å². The summed E-state index contributed by atoms with van der Waals surface area (Å²) in [5.41, 5.74) is 1.26. The molecule has 0 saturated heterocycles. The van der Waals surface area contributed by atoms with E-state index in [0.29, 0.717) is 25.4 Å². The number of nitrogens with zero attached hydrogens (tertiary/aromatic N) is 2. The number of rotatable bonds is 6. The lowest BCUT2D eigenvalue weighted by atomic mass is 10.3. The van der Waals surface area contributed by atoms with Crippen LogP contribution in [0.2, 0.25) is 0 Å². The smallest absolute Gasteiger partial charge is 0.274 e. The number of furan rings is 1. The van der Waals surface area contributed by atoms with Crippen molar-refractivity contribution >= 4 is 5.91 Å². The molecule has 2 heterocycles. The molecule has 6 heteroatoms. The molecule has 0 aliphatic heterocycles. The van der Waals surface area contributed by atoms with Crippen molar-refractivity contribution in [2.45, 2.75) is 20.4 Å². The molecule has 0 fully saturated rings. The summed E-state index contributed by atoms with van der Waals surface area (Å²) >= 11 is 0. The molecule has 0 atom stereocenters. The van der Waals surface area contributed by atoms with E-state index in [2.05, 4.69) is 10.2 Å². The number of hydrogen-bond donors (Lipinski definition) is 1. The van der Waals surface area contributed by atoms with E-state index in [4.69, 9.17) is 9.15 Å². The van der Waals surface area contributed by atoms with Crippen molar-refractivity contribution in [3.8, 4) is 0 Å². The van der Waals surface area contributed by atoms with E-state index < -0.39 is 0 Å². The van der Waals surface area contributed by atoms with Crippen LogP contribution in [0, 0.1) is 13.8 Å². The third kappa shape index (κ3) is 3.48. The van der Waals surface area contributed by atoms with Gasteiger partial charge in [-0.2, -0.15) is 5.10 Å². The van der Waals surface area contributed by atoms with Gasteiger partial charge in [-0.05, 0) is 32.0 Å². The van der Waals surface area contributed by atoms with Gasteiger partial charge in [-0.3, -0.25) is 9.89 Å². The van der Waals surface area contributed by atoms with Gasteiger partial charge in [0.05, 0.1) is 13.2 Å². The molecule has 108 valence electrons. The van der Waals surface area contributed by atoms with Crippen LogP contribution < -0.4 is 0 Å². The first-order valence-corrected chi connectivity index (χ1v) is 6.45. The maximum Gasteiger partial charge on any atom is 0.274 e. The number of aromatic nitrogens is 2. The van der Waals surface area contributed by atoms with Gasteiger partial charge in [0.25, 0.3) is 5.91 Å². The summed E-state index contributed by atoms with van der Waals surface area (Å²) in [6, 6.07) is 5.49. The molecule has 1 amide bonds. The topological polar surface area (TPSA) is 71.4 Å². The number of nitrogens with one attached hydrogen (secondary N) is 1. The lowest BCUT2D eigenvalue weighted by Crippen LogP contribution is -2.33. The number of carbonyl (C=O) groups excluding carboxylic acids is 1. The molecular weight excluding hydrogens is 258 g/mol. The predicted octanol–water partition coefficient (Wildman–Crippen LogP) is 1.91. The van der Waals surface area contributed by atoms with Crippen molar-refractivity contribution in [1.29, 1.82) is 0 Å². The Hall–Kier alpha value is -2.08. The highest BCUT2D eigenvalue weighted by molar-refractivity contribution is 5.92. The van der Waals surface area contributed by atoms with Crippen molar-refractivity contribution in [2.24, 2.45) is 0 Å². The summed E-state index contributed by atoms with van der Waals surface area (Å²) in [4.78, 5) is 14.1. The SMILES string of the molecule is COCCN(Cc1ccc(C)o1)C(=O)c1cc(C)[nH]n1. The Balaban J connectivity index is 2.12. The quantitative estimate of drug-likeness (QED) is 0.875. The minimum Gasteiger partial charge on any atom is -0.464 e. The third-order valence-corrected chi connectivity index (χ3v) is 2.92. The van der Waals surface area contributed by atoms with Crippen LogP contribution in [0.3, 0.4) is 0 Å². The van der Waals surface area contributed by atoms with Crippen molar-refractivity contribution < 1.29 is 13.9 Å². The average Bonchev–Trinajstić information content (AvgIpc) is 3.02. The fraction of sp³-hybridized carbons (Fsp3) is 0.429. The first-order valence-electron chi connectivity index (χ1n) is 6.45. The fourth-order valence-corrected chi connectivity index (χ4v) is 1.90. The van der Waals surface area contributed by atoms with Gasteiger partial charge >= 0.3 is 0 Å². The lowest BCUT2D eigenvalue weighted by Gasteiger charge is -2.20. The summed E-state index contributed by atoms with van der Waals surface area (Å²) in [6.45, 7) is 5.10. The minimum absolute atomic E-state index is 0.138. The van der Waals surface area contributed by atoms with E-state index in [1.807, 2.05) is 26.0 Å². The monoisotopic (exact) mass is 277 g/mol. The average molecular weight is 277 g/mol. The van der Waals surface area contributed by atoms with Gasteiger partial charge in [0.1, 0.15) is 17.2 Å². The van der Waals surface area contributed by atoms with Gasteiger partial charge in [0.2, 0.25) is 0 Å². The fourth-order valence-electron chi connectivity index (χ4n) is 1.90. The number of amides is 1. The molecule has 0 spiro atoms. The van der Waals surface area contributed by atoms with Gasteiger partial charge < -0.3 is 14.1 Å². The number of aromatic amines is 1. The van der Waals surface area contributed by atoms with Crippen molar-refractivity contribution in [3.05, 3.63) is 41.1 Å². The summed E-state index contributed by atoms with van der Waals surface area (Å²) in [5, 5.41) is 6.78. The van der Waals surface area contributed by atoms with E-state index >= 15 is 0 Å². The van der Waals surface area contributed by atoms with E-state index in [1.165, 1.54) is 0 Å². The molecule has 0 radical (unpaired) electrons. The molecule has 0 aromatic carbocycles. The summed E-state index contributed by atoms with van der Waals surface area (Å²) in [7, 11) is 1.61. The van der Waals surface area contributed by atoms with E-state index in [-0.39, 0.29) is 5.91 Å². The second-order valence-corrected chi connectivity index (χ2v) is 4.67. The zero-order chi connectivity index (χ0) is 14.5. The van der Waals surface area contributed by atoms with E-state index in [1.54, 1.807) is 18.1 Å². The van der Waals surface area contributed by atoms with Crippen molar-refractivity contribution in [2.75, 3.05) is 20.3 Å². The first kappa shape index (κ1) is 14.3. The van der Waals surface area contributed by atoms with Crippen LogP contribution in [0.15, 0.2) is 22.6 Å². The van der Waals surface area contributed by atoms with Gasteiger partial charge in [-0.25, -0.2) is 0 Å². The zero-order valence-electron chi connectivity index (χ0n) is 12.0. The number of hydrogen-bond acceptors (Lipinski definition) is 4. The third-order valence-electron chi connectivity index (χ3n) is 2.92. The molecule has 0 unspecified atom stereocenters. The maximum absolute atomic E-state index is 12.4. The molecule has 0 aliphatic carbocycles. The normalized spacial score (nSPS) is 10.8. The molecule has 0 bridgehead atoms. The van der Waals surface area contributed by atoms with Crippen LogP contribution in [0.5, 0.6) is 0 Å². The molecule has 20 heavy (non-hydrogen) atoms. The number of H-pyrrole nitrogens is 1. The molecule has 1 N–H and O–H groups in total. The molecule has 2 aromatic rings. The Morgan fingerprint density at radius 3 is 2.80 bits per heavy atom. The van der Waals surface area contributed by atoms with Crippen LogP contribution in [0.4, 0.5) is 0 Å². The predicted molar refractivity (Wildman–Crippen MR) is 73.4 cm³/mol. The summed E-state index contributed by atoms with van der Waals surface area (Å²) < 4.78 is 10.6. The van der Waals surface area contributed by atoms with Crippen LogP contribution in [-0.2, 0) is 11.3 Å². The summed E-state index contributed by atoms with van der Waals surface area (Å²) in [5.74, 6) is 1.44. The Kier molecular flexibility index (Phi) is 4.57. The van der Waals surface area contributed by atoms with Crippen LogP contribution >= 0.6 is 0 Å². The maximum atomic E-state index is 12.4. The van der Waals surface area contributed by atoms with E-state index in [9.17, 15) is 4.79 Å². The second-order valence-electron chi connectivity index (χ2n) is 4.67. The Bertz CT molecular complexity index is 574. The minimum atomic E-state index is -0.138. The highest BCUT2D eigenvalue weighted by atomic mass is 16.5. The molecule has 0 aliphatic rings. The molecule has 0 saturated carbocycles. The van der Waals surface area contributed by atoms with E-state index in [0.717, 1.165) is 17.2 Å². The van der Waals surface area contributed by atoms with Crippen molar-refractivity contribution in [3.63, 3.8) is 0 Å². The van der Waals surface area contributed by atoms with Gasteiger partial charge in [-0.1, -0.05) is 0 Å². The van der Waals surface area contributed by atoms with Gasteiger partial charge in [0.15, 0.2) is 0 Å². The van der Waals surface area contributed by atoms with Crippen molar-refractivity contribution in [1.82, 2.24) is 15.1 Å². The molecule has 6 nitrogen and oxygen atoms in total. The number of carbonyl (C=O) groups is 1. The highest BCUT2D eigenvalue weighted by Crippen LogP contribution is 2.12. The number of ether oxygens (including phenoxy) is 1. The zero-order valence-corrected chi connectivity index (χ0v) is 12.0.